The summed E-state index contributed by atoms with van der Waals surface area (Å²) in [6.07, 6.45) is 2.19. The molecule has 5 heterocycles. The molecule has 222 valence electrons. The summed E-state index contributed by atoms with van der Waals surface area (Å²) in [5, 5.41) is 15.3. The number of aliphatic carboxylic acids is 1. The molecule has 0 radical (unpaired) electrons. The third-order valence-electron chi connectivity index (χ3n) is 8.44. The number of amides is 1. The molecule has 45 heavy (non-hydrogen) atoms. The second-order valence-corrected chi connectivity index (χ2v) is 14.5. The van der Waals surface area contributed by atoms with Gasteiger partial charge in [0.25, 0.3) is 5.91 Å². The van der Waals surface area contributed by atoms with Crippen molar-refractivity contribution in [2.24, 2.45) is 5.10 Å². The number of para-hydroxylation sites is 1. The number of rotatable bonds is 5. The molecule has 0 saturated heterocycles. The fourth-order valence-electron chi connectivity index (χ4n) is 6.16. The van der Waals surface area contributed by atoms with E-state index >= 15 is 0 Å². The van der Waals surface area contributed by atoms with Crippen LogP contribution in [0.2, 0.25) is 0 Å². The summed E-state index contributed by atoms with van der Waals surface area (Å²) in [7, 11) is 0. The molecule has 0 aliphatic carbocycles. The highest BCUT2D eigenvalue weighted by atomic mass is 32.1. The zero-order valence-corrected chi connectivity index (χ0v) is 27.0. The molecule has 1 N–H and O–H groups in total. The minimum Gasteiger partial charge on any atom is -0.476 e. The highest BCUT2D eigenvalue weighted by Crippen LogP contribution is 2.48. The SMILES string of the molecule is C/C(=C1/C(=O)N(c2ccccc2)N=C1C(=O)O)c1cc2sc3cc(-c4ccc5c(c4)CCCN5c4ccc(C)cc4)sc3c2s1. The highest BCUT2D eigenvalue weighted by molar-refractivity contribution is 7.39. The van der Waals surface area contributed by atoms with Crippen LogP contribution in [0.1, 0.15) is 29.3 Å². The predicted octanol–water partition coefficient (Wildman–Crippen LogP) is 9.50. The molecule has 0 fully saturated rings. The Hall–Kier alpha value is -4.57. The van der Waals surface area contributed by atoms with Crippen molar-refractivity contribution in [2.75, 3.05) is 16.5 Å². The average Bonchev–Trinajstić information content (AvgIpc) is 3.81. The van der Waals surface area contributed by atoms with Crippen molar-refractivity contribution in [2.45, 2.75) is 26.7 Å². The van der Waals surface area contributed by atoms with Crippen molar-refractivity contribution in [1.82, 2.24) is 0 Å². The van der Waals surface area contributed by atoms with Gasteiger partial charge >= 0.3 is 5.97 Å². The lowest BCUT2D eigenvalue weighted by atomic mass is 9.98. The first-order valence-corrected chi connectivity index (χ1v) is 17.2. The van der Waals surface area contributed by atoms with Gasteiger partial charge in [0.05, 0.1) is 20.7 Å². The molecule has 6 nitrogen and oxygen atoms in total. The van der Waals surface area contributed by atoms with Crippen LogP contribution in [0, 0.1) is 6.92 Å². The fourth-order valence-corrected chi connectivity index (χ4v) is 10.2. The van der Waals surface area contributed by atoms with Gasteiger partial charge in [-0.2, -0.15) is 10.1 Å². The van der Waals surface area contributed by atoms with E-state index in [1.165, 1.54) is 52.1 Å². The number of benzene rings is 3. The lowest BCUT2D eigenvalue weighted by Gasteiger charge is -2.31. The number of hydrogen-bond acceptors (Lipinski definition) is 7. The van der Waals surface area contributed by atoms with E-state index in [0.717, 1.165) is 29.0 Å². The smallest absolute Gasteiger partial charge is 0.357 e. The molecule has 1 amide bonds. The van der Waals surface area contributed by atoms with E-state index in [2.05, 4.69) is 71.5 Å². The molecule has 9 heteroatoms. The summed E-state index contributed by atoms with van der Waals surface area (Å²) in [6, 6.07) is 28.9. The van der Waals surface area contributed by atoms with E-state index in [1.807, 2.05) is 13.0 Å². The summed E-state index contributed by atoms with van der Waals surface area (Å²) < 4.78 is 4.78. The van der Waals surface area contributed by atoms with Gasteiger partial charge in [-0.15, -0.1) is 34.0 Å². The fraction of sp³-hybridized carbons (Fsp3) is 0.139. The summed E-state index contributed by atoms with van der Waals surface area (Å²) in [4.78, 5) is 30.2. The Bertz CT molecular complexity index is 2220. The summed E-state index contributed by atoms with van der Waals surface area (Å²) in [5.74, 6) is -1.64. The predicted molar refractivity (Wildman–Crippen MR) is 189 cm³/mol. The van der Waals surface area contributed by atoms with Gasteiger partial charge in [-0.1, -0.05) is 42.0 Å². The molecule has 3 aromatic heterocycles. The minimum absolute atomic E-state index is 0.136. The molecule has 0 bridgehead atoms. The van der Waals surface area contributed by atoms with Gasteiger partial charge in [-0.25, -0.2) is 4.79 Å². The molecule has 2 aliphatic heterocycles. The third kappa shape index (κ3) is 4.70. The first-order chi connectivity index (χ1) is 21.9. The topological polar surface area (TPSA) is 73.2 Å². The zero-order chi connectivity index (χ0) is 30.8. The first-order valence-electron chi connectivity index (χ1n) is 14.7. The summed E-state index contributed by atoms with van der Waals surface area (Å²) in [6.45, 7) is 4.96. The Balaban J connectivity index is 1.14. The third-order valence-corrected chi connectivity index (χ3v) is 12.4. The van der Waals surface area contributed by atoms with Crippen LogP contribution >= 0.6 is 34.0 Å². The van der Waals surface area contributed by atoms with Crippen molar-refractivity contribution in [3.63, 3.8) is 0 Å². The van der Waals surface area contributed by atoms with Gasteiger partial charge in [-0.05, 0) is 91.9 Å². The van der Waals surface area contributed by atoms with Crippen LogP contribution in [-0.4, -0.2) is 29.2 Å². The van der Waals surface area contributed by atoms with Crippen molar-refractivity contribution < 1.29 is 14.7 Å². The number of allylic oxidation sites excluding steroid dienone is 1. The maximum absolute atomic E-state index is 13.5. The highest BCUT2D eigenvalue weighted by Gasteiger charge is 2.37. The summed E-state index contributed by atoms with van der Waals surface area (Å²) in [5.41, 5.74) is 7.48. The van der Waals surface area contributed by atoms with Crippen molar-refractivity contribution in [3.05, 3.63) is 107 Å². The van der Waals surface area contributed by atoms with Crippen LogP contribution in [0.15, 0.2) is 95.6 Å². The number of aryl methyl sites for hydroxylation is 2. The molecule has 0 atom stereocenters. The second-order valence-electron chi connectivity index (χ2n) is 11.4. The van der Waals surface area contributed by atoms with Crippen LogP contribution in [0.5, 0.6) is 0 Å². The van der Waals surface area contributed by atoms with Crippen LogP contribution in [-0.2, 0) is 16.0 Å². The van der Waals surface area contributed by atoms with Gasteiger partial charge in [0.15, 0.2) is 5.71 Å². The Kier molecular flexibility index (Phi) is 6.71. The van der Waals surface area contributed by atoms with E-state index in [-0.39, 0.29) is 11.3 Å². The molecule has 0 saturated carbocycles. The standard InChI is InChI=1S/C36H27N3O3S3/c1-20-10-13-24(14-11-20)38-16-6-7-22-17-23(12-15-26(22)38)28-19-30-34(45-28)33-29(43-30)18-27(44-33)21(2)31-32(36(41)42)37-39(35(31)40)25-8-4-3-5-9-25/h3-5,8-15,17-19H,6-7,16H2,1-2H3,(H,41,42)/b31-21-. The maximum atomic E-state index is 13.5. The van der Waals surface area contributed by atoms with E-state index in [9.17, 15) is 14.7 Å². The maximum Gasteiger partial charge on any atom is 0.357 e. The van der Waals surface area contributed by atoms with E-state index < -0.39 is 11.9 Å². The monoisotopic (exact) mass is 645 g/mol. The number of nitrogens with zero attached hydrogens (tertiary/aromatic N) is 3. The second kappa shape index (κ2) is 10.8. The number of hydrazone groups is 1. The van der Waals surface area contributed by atoms with Crippen LogP contribution in [0.4, 0.5) is 17.1 Å². The molecule has 0 unspecified atom stereocenters. The lowest BCUT2D eigenvalue weighted by molar-refractivity contribution is -0.129. The van der Waals surface area contributed by atoms with Crippen LogP contribution in [0.3, 0.4) is 0 Å². The number of carbonyl (C=O) groups excluding carboxylic acids is 1. The van der Waals surface area contributed by atoms with Crippen molar-refractivity contribution in [3.8, 4) is 10.4 Å². The molecule has 0 spiro atoms. The van der Waals surface area contributed by atoms with Crippen LogP contribution < -0.4 is 9.91 Å². The average molecular weight is 646 g/mol. The Morgan fingerprint density at radius 3 is 2.40 bits per heavy atom. The number of carboxylic acids is 1. The Morgan fingerprint density at radius 1 is 0.867 bits per heavy atom. The van der Waals surface area contributed by atoms with Crippen molar-refractivity contribution >= 4 is 93.0 Å². The minimum atomic E-state index is -1.22. The summed E-state index contributed by atoms with van der Waals surface area (Å²) >= 11 is 5.14. The molecule has 6 aromatic rings. The molecule has 3 aromatic carbocycles. The number of hydrogen-bond donors (Lipinski definition) is 1. The number of carbonyl (C=O) groups is 2. The van der Waals surface area contributed by atoms with E-state index in [0.29, 0.717) is 11.3 Å². The van der Waals surface area contributed by atoms with E-state index in [4.69, 9.17) is 0 Å². The quantitative estimate of drug-likeness (QED) is 0.190. The molecule has 2 aliphatic rings. The largest absolute Gasteiger partial charge is 0.476 e. The Labute approximate surface area is 271 Å². The van der Waals surface area contributed by atoms with Gasteiger partial charge in [0.1, 0.15) is 0 Å². The number of carboxylic acid groups (broad SMARTS) is 1. The number of fused-ring (bicyclic) bond motifs is 4. The normalized spacial score (nSPS) is 16.0. The first kappa shape index (κ1) is 27.9. The molecule has 8 rings (SSSR count). The van der Waals surface area contributed by atoms with Gasteiger partial charge in [0.2, 0.25) is 0 Å². The zero-order valence-electron chi connectivity index (χ0n) is 24.5. The van der Waals surface area contributed by atoms with E-state index in [1.54, 1.807) is 58.3 Å². The molecular formula is C36H27N3O3S3. The Morgan fingerprint density at radius 2 is 1.62 bits per heavy atom. The van der Waals surface area contributed by atoms with Crippen molar-refractivity contribution in [1.29, 1.82) is 0 Å². The van der Waals surface area contributed by atoms with Gasteiger partial charge < -0.3 is 10.0 Å². The van der Waals surface area contributed by atoms with Gasteiger partial charge in [-0.3, -0.25) is 4.79 Å². The lowest BCUT2D eigenvalue weighted by Crippen LogP contribution is -2.24. The van der Waals surface area contributed by atoms with Gasteiger partial charge in [0, 0.05) is 37.1 Å². The number of thiophene rings is 3. The number of anilines is 3. The van der Waals surface area contributed by atoms with Crippen LogP contribution in [0.25, 0.3) is 34.8 Å². The molecular weight excluding hydrogens is 619 g/mol.